The molecule has 0 spiro atoms. The minimum atomic E-state index is -3.77. The van der Waals surface area contributed by atoms with E-state index < -0.39 is 20.9 Å². The van der Waals surface area contributed by atoms with Gasteiger partial charge in [0.1, 0.15) is 0 Å². The molecule has 0 saturated heterocycles. The van der Waals surface area contributed by atoms with Crippen LogP contribution in [0.2, 0.25) is 0 Å². The van der Waals surface area contributed by atoms with Gasteiger partial charge in [-0.3, -0.25) is 14.9 Å². The quantitative estimate of drug-likeness (QED) is 0.260. The molecule has 0 N–H and O–H groups in total. The zero-order valence-electron chi connectivity index (χ0n) is 17.9. The molecule has 0 aliphatic heterocycles. The minimum absolute atomic E-state index is 0.0383. The standard InChI is InChI=1S/C22H22N4O5S2/c1-4-13-24(14-5-2)33(30,31)18-10-7-16(8-11-18)21(27)23-22-25(6-3)19-12-9-17(26(28)29)15-20(19)32-22/h4-5,7-12,15H,1-2,6,13-14H2,3H3. The molecule has 0 radical (unpaired) electrons. The molecule has 0 fully saturated rings. The van der Waals surface area contributed by atoms with Crippen LogP contribution in [0.15, 0.2) is 77.7 Å². The van der Waals surface area contributed by atoms with Gasteiger partial charge >= 0.3 is 0 Å². The van der Waals surface area contributed by atoms with Crippen molar-refractivity contribution in [1.29, 1.82) is 0 Å². The Balaban J connectivity index is 1.96. The number of aryl methyl sites for hydroxylation is 1. The molecule has 1 heterocycles. The Labute approximate surface area is 194 Å². The first kappa shape index (κ1) is 24.2. The monoisotopic (exact) mass is 486 g/mol. The van der Waals surface area contributed by atoms with Crippen LogP contribution >= 0.6 is 11.3 Å². The summed E-state index contributed by atoms with van der Waals surface area (Å²) in [7, 11) is -3.77. The Hall–Kier alpha value is -3.41. The molecule has 0 unspecified atom stereocenters. The largest absolute Gasteiger partial charge is 0.317 e. The number of benzene rings is 2. The maximum absolute atomic E-state index is 12.8. The van der Waals surface area contributed by atoms with Crippen molar-refractivity contribution >= 4 is 43.2 Å². The van der Waals surface area contributed by atoms with Gasteiger partial charge in [0.15, 0.2) is 4.80 Å². The fraction of sp³-hybridized carbons (Fsp3) is 0.182. The van der Waals surface area contributed by atoms with Gasteiger partial charge in [-0.1, -0.05) is 23.5 Å². The van der Waals surface area contributed by atoms with E-state index in [0.29, 0.717) is 16.0 Å². The predicted molar refractivity (Wildman–Crippen MR) is 128 cm³/mol. The molecule has 172 valence electrons. The number of nitrogens with zero attached hydrogens (tertiary/aromatic N) is 4. The molecule has 0 saturated carbocycles. The number of fused-ring (bicyclic) bond motifs is 1. The highest BCUT2D eigenvalue weighted by Crippen LogP contribution is 2.23. The number of hydrogen-bond acceptors (Lipinski definition) is 6. The average molecular weight is 487 g/mol. The summed E-state index contributed by atoms with van der Waals surface area (Å²) in [5, 5.41) is 11.1. The summed E-state index contributed by atoms with van der Waals surface area (Å²) in [4.78, 5) is 28.0. The second kappa shape index (κ2) is 10.0. The van der Waals surface area contributed by atoms with Crippen molar-refractivity contribution in [3.63, 3.8) is 0 Å². The molecule has 9 nitrogen and oxygen atoms in total. The topological polar surface area (TPSA) is 115 Å². The molecular weight excluding hydrogens is 464 g/mol. The molecule has 11 heteroatoms. The maximum atomic E-state index is 12.8. The third-order valence-electron chi connectivity index (χ3n) is 4.80. The van der Waals surface area contributed by atoms with Gasteiger partial charge in [0, 0.05) is 37.3 Å². The molecule has 1 amide bonds. The van der Waals surface area contributed by atoms with E-state index in [-0.39, 0.29) is 29.2 Å². The van der Waals surface area contributed by atoms with E-state index in [2.05, 4.69) is 18.2 Å². The van der Waals surface area contributed by atoms with E-state index >= 15 is 0 Å². The molecule has 0 bridgehead atoms. The summed E-state index contributed by atoms with van der Waals surface area (Å²) in [6.45, 7) is 9.82. The van der Waals surface area contributed by atoms with Gasteiger partial charge in [0.25, 0.3) is 11.6 Å². The first-order valence-electron chi connectivity index (χ1n) is 9.91. The number of carbonyl (C=O) groups is 1. The highest BCUT2D eigenvalue weighted by molar-refractivity contribution is 7.89. The number of rotatable bonds is 9. The van der Waals surface area contributed by atoms with Crippen LogP contribution in [0.3, 0.4) is 0 Å². The number of non-ortho nitro benzene ring substituents is 1. The predicted octanol–water partition coefficient (Wildman–Crippen LogP) is 3.73. The first-order valence-corrected chi connectivity index (χ1v) is 12.2. The molecule has 0 aliphatic carbocycles. The lowest BCUT2D eigenvalue weighted by Gasteiger charge is -2.19. The van der Waals surface area contributed by atoms with Crippen LogP contribution in [0.5, 0.6) is 0 Å². The van der Waals surface area contributed by atoms with Crippen molar-refractivity contribution in [1.82, 2.24) is 8.87 Å². The van der Waals surface area contributed by atoms with E-state index in [9.17, 15) is 23.3 Å². The normalized spacial score (nSPS) is 12.2. The van der Waals surface area contributed by atoms with Crippen LogP contribution in [0, 0.1) is 10.1 Å². The van der Waals surface area contributed by atoms with Crippen molar-refractivity contribution in [3.8, 4) is 0 Å². The molecule has 3 rings (SSSR count). The molecule has 0 aliphatic rings. The van der Waals surface area contributed by atoms with Crippen molar-refractivity contribution in [3.05, 3.63) is 88.3 Å². The lowest BCUT2D eigenvalue weighted by Crippen LogP contribution is -2.31. The number of aromatic nitrogens is 1. The molecular formula is C22H22N4O5S2. The Morgan fingerprint density at radius 2 is 1.82 bits per heavy atom. The van der Waals surface area contributed by atoms with Crippen molar-refractivity contribution in [2.24, 2.45) is 4.99 Å². The number of carbonyl (C=O) groups excluding carboxylic acids is 1. The van der Waals surface area contributed by atoms with Gasteiger partial charge in [0.2, 0.25) is 10.0 Å². The Morgan fingerprint density at radius 1 is 1.18 bits per heavy atom. The van der Waals surface area contributed by atoms with Crippen molar-refractivity contribution in [2.45, 2.75) is 18.4 Å². The highest BCUT2D eigenvalue weighted by atomic mass is 32.2. The Morgan fingerprint density at radius 3 is 2.36 bits per heavy atom. The van der Waals surface area contributed by atoms with Gasteiger partial charge < -0.3 is 4.57 Å². The number of hydrogen-bond donors (Lipinski definition) is 0. The van der Waals surface area contributed by atoms with Crippen LogP contribution < -0.4 is 4.80 Å². The van der Waals surface area contributed by atoms with E-state index in [1.807, 2.05) is 6.92 Å². The minimum Gasteiger partial charge on any atom is -0.317 e. The SMILES string of the molecule is C=CCN(CC=C)S(=O)(=O)c1ccc(C(=O)N=c2sc3cc([N+](=O)[O-])ccc3n2CC)cc1. The molecule has 0 atom stereocenters. The smallest absolute Gasteiger partial charge is 0.279 e. The third kappa shape index (κ3) is 5.00. The van der Waals surface area contributed by atoms with Crippen molar-refractivity contribution in [2.75, 3.05) is 13.1 Å². The third-order valence-corrected chi connectivity index (χ3v) is 7.68. The fourth-order valence-corrected chi connectivity index (χ4v) is 5.70. The maximum Gasteiger partial charge on any atom is 0.279 e. The van der Waals surface area contributed by atoms with Crippen molar-refractivity contribution < 1.29 is 18.1 Å². The van der Waals surface area contributed by atoms with E-state index in [4.69, 9.17) is 0 Å². The number of amides is 1. The van der Waals surface area contributed by atoms with Crippen LogP contribution in [0.25, 0.3) is 10.2 Å². The summed E-state index contributed by atoms with van der Waals surface area (Å²) < 4.78 is 29.3. The first-order chi connectivity index (χ1) is 15.7. The lowest BCUT2D eigenvalue weighted by atomic mass is 10.2. The van der Waals surface area contributed by atoms with Gasteiger partial charge in [-0.05, 0) is 37.3 Å². The summed E-state index contributed by atoms with van der Waals surface area (Å²) in [5.41, 5.74) is 0.924. The Bertz CT molecular complexity index is 1390. The summed E-state index contributed by atoms with van der Waals surface area (Å²) in [6, 6.07) is 10.0. The molecule has 1 aromatic heterocycles. The van der Waals surface area contributed by atoms with E-state index in [0.717, 1.165) is 5.52 Å². The summed E-state index contributed by atoms with van der Waals surface area (Å²) in [6.07, 6.45) is 2.97. The van der Waals surface area contributed by atoms with Crippen LogP contribution in [0.4, 0.5) is 5.69 Å². The zero-order valence-corrected chi connectivity index (χ0v) is 19.5. The lowest BCUT2D eigenvalue weighted by molar-refractivity contribution is -0.384. The van der Waals surface area contributed by atoms with Gasteiger partial charge in [-0.15, -0.1) is 13.2 Å². The van der Waals surface area contributed by atoms with E-state index in [1.165, 1.54) is 64.2 Å². The van der Waals surface area contributed by atoms with E-state index in [1.54, 1.807) is 10.6 Å². The zero-order chi connectivity index (χ0) is 24.2. The van der Waals surface area contributed by atoms with Crippen LogP contribution in [-0.4, -0.2) is 41.2 Å². The summed E-state index contributed by atoms with van der Waals surface area (Å²) >= 11 is 1.17. The number of sulfonamides is 1. The Kier molecular flexibility index (Phi) is 7.36. The second-order valence-corrected chi connectivity index (χ2v) is 9.83. The molecule has 33 heavy (non-hydrogen) atoms. The molecule has 3 aromatic rings. The molecule has 2 aromatic carbocycles. The summed E-state index contributed by atoms with van der Waals surface area (Å²) in [5.74, 6) is -0.545. The van der Waals surface area contributed by atoms with Gasteiger partial charge in [0.05, 0.1) is 20.0 Å². The van der Waals surface area contributed by atoms with Gasteiger partial charge in [-0.25, -0.2) is 8.42 Å². The van der Waals surface area contributed by atoms with Crippen LogP contribution in [-0.2, 0) is 16.6 Å². The number of nitro benzene ring substituents is 1. The fourth-order valence-electron chi connectivity index (χ4n) is 3.20. The highest BCUT2D eigenvalue weighted by Gasteiger charge is 2.22. The van der Waals surface area contributed by atoms with Crippen LogP contribution in [0.1, 0.15) is 17.3 Å². The number of nitro groups is 1. The van der Waals surface area contributed by atoms with Gasteiger partial charge in [-0.2, -0.15) is 9.30 Å². The number of thiazole rings is 1. The second-order valence-electron chi connectivity index (χ2n) is 6.88. The average Bonchev–Trinajstić information content (AvgIpc) is 3.14.